The molecule has 11 heavy (non-hydrogen) atoms. The highest BCUT2D eigenvalue weighted by Crippen LogP contribution is 2.27. The highest BCUT2D eigenvalue weighted by atomic mass is 32.2. The van der Waals surface area contributed by atoms with Crippen LogP contribution in [0.3, 0.4) is 0 Å². The predicted molar refractivity (Wildman–Crippen MR) is 47.4 cm³/mol. The molecule has 3 heteroatoms. The number of rotatable bonds is 1. The van der Waals surface area contributed by atoms with Gasteiger partial charge in [0.15, 0.2) is 0 Å². The Morgan fingerprint density at radius 2 is 2.55 bits per heavy atom. The molecule has 0 aromatic carbocycles. The second-order valence-electron chi connectivity index (χ2n) is 2.46. The predicted octanol–water partition coefficient (Wildman–Crippen LogP) is 1.42. The van der Waals surface area contributed by atoms with Crippen molar-refractivity contribution in [2.24, 2.45) is 0 Å². The molecule has 1 aromatic heterocycles. The van der Waals surface area contributed by atoms with Crippen LogP contribution in [-0.4, -0.2) is 17.3 Å². The molecule has 0 saturated carbocycles. The van der Waals surface area contributed by atoms with E-state index < -0.39 is 0 Å². The molecule has 1 aliphatic heterocycles. The first-order valence-corrected chi connectivity index (χ1v) is 4.77. The van der Waals surface area contributed by atoms with E-state index in [1.54, 1.807) is 0 Å². The monoisotopic (exact) mass is 166 g/mol. The molecule has 1 N–H and O–H groups in total. The highest BCUT2D eigenvalue weighted by molar-refractivity contribution is 7.99. The molecule has 1 aromatic rings. The number of nitrogens with zero attached hydrogens (tertiary/aromatic N) is 1. The van der Waals surface area contributed by atoms with Crippen LogP contribution < -0.4 is 5.32 Å². The molecular formula is C8H10N2S. The SMILES string of the molecule is c1ccc([C@H]2NCCS2)nc1. The Bertz CT molecular complexity index is 219. The van der Waals surface area contributed by atoms with Crippen molar-refractivity contribution < 1.29 is 0 Å². The Labute approximate surface area is 70.4 Å². The molecule has 2 nitrogen and oxygen atoms in total. The zero-order valence-corrected chi connectivity index (χ0v) is 6.97. The van der Waals surface area contributed by atoms with Crippen molar-refractivity contribution in [1.82, 2.24) is 10.3 Å². The van der Waals surface area contributed by atoms with E-state index in [-0.39, 0.29) is 0 Å². The largest absolute Gasteiger partial charge is 0.300 e. The normalized spacial score (nSPS) is 23.8. The van der Waals surface area contributed by atoms with Crippen molar-refractivity contribution in [3.63, 3.8) is 0 Å². The number of nitrogens with one attached hydrogen (secondary N) is 1. The van der Waals surface area contributed by atoms with Crippen LogP contribution in [0.5, 0.6) is 0 Å². The first kappa shape index (κ1) is 7.13. The quantitative estimate of drug-likeness (QED) is 0.683. The van der Waals surface area contributed by atoms with E-state index in [4.69, 9.17) is 0 Å². The number of pyridine rings is 1. The van der Waals surface area contributed by atoms with Gasteiger partial charge in [-0.2, -0.15) is 0 Å². The first-order chi connectivity index (χ1) is 5.47. The minimum Gasteiger partial charge on any atom is -0.300 e. The molecule has 0 bridgehead atoms. The Kier molecular flexibility index (Phi) is 2.10. The maximum atomic E-state index is 4.28. The van der Waals surface area contributed by atoms with Gasteiger partial charge in [0.2, 0.25) is 0 Å². The van der Waals surface area contributed by atoms with Crippen LogP contribution in [0.1, 0.15) is 11.1 Å². The lowest BCUT2D eigenvalue weighted by Gasteiger charge is -2.06. The van der Waals surface area contributed by atoms with Crippen LogP contribution in [0.25, 0.3) is 0 Å². The summed E-state index contributed by atoms with van der Waals surface area (Å²) in [6, 6.07) is 6.04. The molecule has 0 radical (unpaired) electrons. The summed E-state index contributed by atoms with van der Waals surface area (Å²) in [7, 11) is 0. The molecule has 0 unspecified atom stereocenters. The van der Waals surface area contributed by atoms with Gasteiger partial charge in [-0.05, 0) is 12.1 Å². The van der Waals surface area contributed by atoms with E-state index in [9.17, 15) is 0 Å². The van der Waals surface area contributed by atoms with E-state index >= 15 is 0 Å². The zero-order chi connectivity index (χ0) is 7.52. The first-order valence-electron chi connectivity index (χ1n) is 3.73. The van der Waals surface area contributed by atoms with Crippen molar-refractivity contribution in [1.29, 1.82) is 0 Å². The van der Waals surface area contributed by atoms with Crippen LogP contribution in [0, 0.1) is 0 Å². The van der Waals surface area contributed by atoms with E-state index in [0.29, 0.717) is 5.37 Å². The summed E-state index contributed by atoms with van der Waals surface area (Å²) in [6.07, 6.45) is 1.84. The second kappa shape index (κ2) is 3.24. The summed E-state index contributed by atoms with van der Waals surface area (Å²) in [5.74, 6) is 1.20. The van der Waals surface area contributed by atoms with Crippen LogP contribution in [0.4, 0.5) is 0 Å². The summed E-state index contributed by atoms with van der Waals surface area (Å²) in [6.45, 7) is 1.10. The van der Waals surface area contributed by atoms with Gasteiger partial charge >= 0.3 is 0 Å². The van der Waals surface area contributed by atoms with Gasteiger partial charge in [0.1, 0.15) is 0 Å². The van der Waals surface area contributed by atoms with Gasteiger partial charge in [0, 0.05) is 18.5 Å². The van der Waals surface area contributed by atoms with Gasteiger partial charge < -0.3 is 0 Å². The third kappa shape index (κ3) is 1.54. The minimum atomic E-state index is 0.427. The summed E-state index contributed by atoms with van der Waals surface area (Å²) in [5, 5.41) is 3.80. The number of thioether (sulfide) groups is 1. The summed E-state index contributed by atoms with van der Waals surface area (Å²) in [5.41, 5.74) is 1.15. The molecule has 1 fully saturated rings. The lowest BCUT2D eigenvalue weighted by Crippen LogP contribution is -2.12. The third-order valence-corrected chi connectivity index (χ3v) is 2.85. The van der Waals surface area contributed by atoms with Crippen molar-refractivity contribution >= 4 is 11.8 Å². The molecule has 1 aliphatic rings. The fraction of sp³-hybridized carbons (Fsp3) is 0.375. The van der Waals surface area contributed by atoms with Crippen LogP contribution in [-0.2, 0) is 0 Å². The van der Waals surface area contributed by atoms with Crippen LogP contribution in [0.2, 0.25) is 0 Å². The molecular weight excluding hydrogens is 156 g/mol. The average Bonchev–Trinajstić information content (AvgIpc) is 2.58. The van der Waals surface area contributed by atoms with E-state index in [1.807, 2.05) is 30.1 Å². The summed E-state index contributed by atoms with van der Waals surface area (Å²) in [4.78, 5) is 4.28. The van der Waals surface area contributed by atoms with Crippen LogP contribution >= 0.6 is 11.8 Å². The Morgan fingerprint density at radius 3 is 3.18 bits per heavy atom. The fourth-order valence-corrected chi connectivity index (χ4v) is 2.16. The fourth-order valence-electron chi connectivity index (χ4n) is 1.15. The van der Waals surface area contributed by atoms with Gasteiger partial charge in [0.25, 0.3) is 0 Å². The summed E-state index contributed by atoms with van der Waals surface area (Å²) < 4.78 is 0. The topological polar surface area (TPSA) is 24.9 Å². The lowest BCUT2D eigenvalue weighted by molar-refractivity contribution is 0.732. The maximum Gasteiger partial charge on any atom is 0.0962 e. The van der Waals surface area contributed by atoms with Crippen molar-refractivity contribution in [3.05, 3.63) is 30.1 Å². The van der Waals surface area contributed by atoms with E-state index in [0.717, 1.165) is 12.2 Å². The van der Waals surface area contributed by atoms with Gasteiger partial charge in [-0.25, -0.2) is 0 Å². The lowest BCUT2D eigenvalue weighted by atomic mass is 10.3. The number of aromatic nitrogens is 1. The smallest absolute Gasteiger partial charge is 0.0962 e. The molecule has 1 saturated heterocycles. The zero-order valence-electron chi connectivity index (χ0n) is 6.16. The Hall–Kier alpha value is -0.540. The van der Waals surface area contributed by atoms with Gasteiger partial charge in [-0.15, -0.1) is 11.8 Å². The van der Waals surface area contributed by atoms with Crippen molar-refractivity contribution in [3.8, 4) is 0 Å². The standard InChI is InChI=1S/C8H10N2S/c1-2-4-9-7(3-1)8-10-5-6-11-8/h1-4,8,10H,5-6H2/t8-/m0/s1. The van der Waals surface area contributed by atoms with Gasteiger partial charge in [0.05, 0.1) is 11.1 Å². The minimum absolute atomic E-state index is 0.427. The molecule has 0 aliphatic carbocycles. The molecule has 0 spiro atoms. The number of hydrogen-bond donors (Lipinski definition) is 1. The van der Waals surface area contributed by atoms with Gasteiger partial charge in [-0.3, -0.25) is 10.3 Å². The third-order valence-electron chi connectivity index (χ3n) is 1.67. The highest BCUT2D eigenvalue weighted by Gasteiger charge is 2.16. The molecule has 1 atom stereocenters. The van der Waals surface area contributed by atoms with E-state index in [2.05, 4.69) is 16.4 Å². The Balaban J connectivity index is 2.16. The molecule has 2 rings (SSSR count). The van der Waals surface area contributed by atoms with Crippen molar-refractivity contribution in [2.75, 3.05) is 12.3 Å². The average molecular weight is 166 g/mol. The Morgan fingerprint density at radius 1 is 1.55 bits per heavy atom. The molecule has 58 valence electrons. The van der Waals surface area contributed by atoms with Gasteiger partial charge in [-0.1, -0.05) is 6.07 Å². The second-order valence-corrected chi connectivity index (χ2v) is 3.67. The maximum absolute atomic E-state index is 4.28. The van der Waals surface area contributed by atoms with Crippen molar-refractivity contribution in [2.45, 2.75) is 5.37 Å². The summed E-state index contributed by atoms with van der Waals surface area (Å²) >= 11 is 1.92. The van der Waals surface area contributed by atoms with Crippen LogP contribution in [0.15, 0.2) is 24.4 Å². The molecule has 2 heterocycles. The number of hydrogen-bond acceptors (Lipinski definition) is 3. The molecule has 0 amide bonds. The van der Waals surface area contributed by atoms with E-state index in [1.165, 1.54) is 5.75 Å².